The van der Waals surface area contributed by atoms with Gasteiger partial charge in [-0.2, -0.15) is 4.39 Å². The Bertz CT molecular complexity index is 970. The van der Waals surface area contributed by atoms with Gasteiger partial charge >= 0.3 is 5.97 Å². The average molecular weight is 473 g/mol. The predicted molar refractivity (Wildman–Crippen MR) is 118 cm³/mol. The van der Waals surface area contributed by atoms with E-state index in [4.69, 9.17) is 14.2 Å². The smallest absolute Gasteiger partial charge is 0.344 e. The molecule has 0 fully saturated rings. The van der Waals surface area contributed by atoms with E-state index in [1.165, 1.54) is 17.6 Å². The van der Waals surface area contributed by atoms with Crippen molar-refractivity contribution in [3.8, 4) is 11.5 Å². The molecule has 0 aliphatic carbocycles. The summed E-state index contributed by atoms with van der Waals surface area (Å²) in [5.74, 6) is -0.395. The predicted octanol–water partition coefficient (Wildman–Crippen LogP) is 4.76. The summed E-state index contributed by atoms with van der Waals surface area (Å²) >= 11 is 1.24. The molecule has 3 rings (SSSR count). The number of sulfone groups is 1. The summed E-state index contributed by atoms with van der Waals surface area (Å²) in [4.78, 5) is 11.4. The molecular weight excluding hydrogens is 443 g/mol. The van der Waals surface area contributed by atoms with Gasteiger partial charge in [0.1, 0.15) is 4.21 Å². The zero-order chi connectivity index (χ0) is 23.0. The molecule has 0 bridgehead atoms. The Morgan fingerprint density at radius 3 is 2.58 bits per heavy atom. The molecule has 1 aromatic carbocycles. The molecule has 1 aromatic heterocycles. The largest absolute Gasteiger partial charge is 0.489 e. The number of halogens is 1. The molecule has 0 N–H and O–H groups in total. The van der Waals surface area contributed by atoms with Crippen molar-refractivity contribution in [2.45, 2.75) is 50.2 Å². The monoisotopic (exact) mass is 472 g/mol. The Labute approximate surface area is 187 Å². The van der Waals surface area contributed by atoms with Gasteiger partial charge in [-0.25, -0.2) is 13.2 Å². The topological polar surface area (TPSA) is 78.9 Å². The van der Waals surface area contributed by atoms with Crippen LogP contribution in [-0.2, 0) is 25.8 Å². The van der Waals surface area contributed by atoms with Crippen LogP contribution in [0, 0.1) is 5.82 Å². The molecular formula is C22H29FO6S2. The van der Waals surface area contributed by atoms with Crippen LogP contribution in [0.1, 0.15) is 50.7 Å². The molecule has 0 saturated carbocycles. The zero-order valence-corrected chi connectivity index (χ0v) is 19.9. The van der Waals surface area contributed by atoms with E-state index in [1.54, 1.807) is 24.4 Å². The minimum atomic E-state index is -2.94. The summed E-state index contributed by atoms with van der Waals surface area (Å²) in [5.41, 5.74) is 1.69. The molecule has 2 aromatic rings. The van der Waals surface area contributed by atoms with Crippen molar-refractivity contribution in [2.75, 3.05) is 26.1 Å². The number of ether oxygens (including phenoxy) is 3. The summed E-state index contributed by atoms with van der Waals surface area (Å²) in [7, 11) is -2.94. The van der Waals surface area contributed by atoms with Crippen molar-refractivity contribution in [2.24, 2.45) is 0 Å². The molecule has 0 amide bonds. The van der Waals surface area contributed by atoms with Gasteiger partial charge in [0.05, 0.1) is 13.2 Å². The fourth-order valence-electron chi connectivity index (χ4n) is 3.17. The molecule has 6 nitrogen and oxygen atoms in total. The van der Waals surface area contributed by atoms with Gasteiger partial charge in [0.15, 0.2) is 27.9 Å². The maximum atomic E-state index is 14.7. The van der Waals surface area contributed by atoms with Crippen LogP contribution >= 0.6 is 11.3 Å². The minimum absolute atomic E-state index is 0.116. The Balaban J connectivity index is 0.000000316. The number of hydrogen-bond acceptors (Lipinski definition) is 7. The molecule has 0 radical (unpaired) electrons. The molecule has 2 heterocycles. The normalized spacial score (nSPS) is 14.8. The van der Waals surface area contributed by atoms with Crippen LogP contribution in [0.5, 0.6) is 11.5 Å². The first-order chi connectivity index (χ1) is 14.7. The lowest BCUT2D eigenvalue weighted by Gasteiger charge is -2.15. The van der Waals surface area contributed by atoms with Crippen molar-refractivity contribution in [1.82, 2.24) is 0 Å². The van der Waals surface area contributed by atoms with Gasteiger partial charge in [-0.15, -0.1) is 11.3 Å². The quantitative estimate of drug-likeness (QED) is 0.516. The summed E-state index contributed by atoms with van der Waals surface area (Å²) in [5, 5.41) is 1.75. The standard InChI is InChI=1S/C17H23FO4.C5H6O2S2/c1-4-7-12-8-13-11(5-2)9-21-17(13)15(18)16(12)22-10-14(19)20-6-3;1-9(6,7)5-3-2-4-8-5/h8,11H,4-7,9-10H2,1-3H3;2-4H,1H3. The van der Waals surface area contributed by atoms with Crippen LogP contribution < -0.4 is 9.47 Å². The summed E-state index contributed by atoms with van der Waals surface area (Å²) in [6.07, 6.45) is 3.67. The van der Waals surface area contributed by atoms with Crippen LogP contribution in [0.25, 0.3) is 0 Å². The maximum Gasteiger partial charge on any atom is 0.344 e. The first kappa shape index (κ1) is 25.1. The third-order valence-corrected chi connectivity index (χ3v) is 7.39. The van der Waals surface area contributed by atoms with Gasteiger partial charge in [-0.3, -0.25) is 0 Å². The minimum Gasteiger partial charge on any atom is -0.489 e. The molecule has 1 atom stereocenters. The first-order valence-electron chi connectivity index (χ1n) is 10.2. The van der Waals surface area contributed by atoms with E-state index < -0.39 is 21.6 Å². The molecule has 0 saturated heterocycles. The van der Waals surface area contributed by atoms with E-state index in [0.717, 1.165) is 24.0 Å². The van der Waals surface area contributed by atoms with Gasteiger partial charge in [-0.1, -0.05) is 26.3 Å². The molecule has 31 heavy (non-hydrogen) atoms. The third kappa shape index (κ3) is 6.67. The number of fused-ring (bicyclic) bond motifs is 1. The van der Waals surface area contributed by atoms with Gasteiger partial charge < -0.3 is 14.2 Å². The Kier molecular flexibility index (Phi) is 9.31. The summed E-state index contributed by atoms with van der Waals surface area (Å²) < 4.78 is 52.2. The Morgan fingerprint density at radius 1 is 1.32 bits per heavy atom. The first-order valence-corrected chi connectivity index (χ1v) is 13.0. The van der Waals surface area contributed by atoms with E-state index in [9.17, 15) is 17.6 Å². The van der Waals surface area contributed by atoms with Crippen LogP contribution in [0.15, 0.2) is 27.8 Å². The summed E-state index contributed by atoms with van der Waals surface area (Å²) in [6, 6.07) is 5.28. The molecule has 0 spiro atoms. The number of benzene rings is 1. The number of rotatable bonds is 8. The molecule has 1 unspecified atom stereocenters. The van der Waals surface area contributed by atoms with Crippen molar-refractivity contribution in [1.29, 1.82) is 0 Å². The van der Waals surface area contributed by atoms with Crippen LogP contribution in [-0.4, -0.2) is 40.5 Å². The van der Waals surface area contributed by atoms with E-state index in [1.807, 2.05) is 13.0 Å². The second kappa shape index (κ2) is 11.5. The second-order valence-corrected chi connectivity index (χ2v) is 10.3. The lowest BCUT2D eigenvalue weighted by Crippen LogP contribution is -2.16. The SMILES string of the molecule is CCCc1cc2c(c(F)c1OCC(=O)OCC)OCC2CC.CS(=O)(=O)c1cccs1. The Hall–Kier alpha value is -2.13. The van der Waals surface area contributed by atoms with Gasteiger partial charge in [-0.05, 0) is 42.8 Å². The van der Waals surface area contributed by atoms with Crippen molar-refractivity contribution < 1.29 is 31.8 Å². The van der Waals surface area contributed by atoms with Crippen LogP contribution in [0.2, 0.25) is 0 Å². The van der Waals surface area contributed by atoms with E-state index in [0.29, 0.717) is 17.2 Å². The molecule has 1 aliphatic rings. The molecule has 172 valence electrons. The van der Waals surface area contributed by atoms with Crippen LogP contribution in [0.4, 0.5) is 4.39 Å². The average Bonchev–Trinajstić information content (AvgIpc) is 3.38. The number of carbonyl (C=O) groups excluding carboxylic acids is 1. The fourth-order valence-corrected chi connectivity index (χ4v) is 4.81. The maximum absolute atomic E-state index is 14.7. The number of esters is 1. The number of aryl methyl sites for hydroxylation is 1. The van der Waals surface area contributed by atoms with E-state index in [-0.39, 0.29) is 30.6 Å². The van der Waals surface area contributed by atoms with E-state index in [2.05, 4.69) is 6.92 Å². The molecule has 1 aliphatic heterocycles. The van der Waals surface area contributed by atoms with Gasteiger partial charge in [0.25, 0.3) is 0 Å². The Morgan fingerprint density at radius 2 is 2.06 bits per heavy atom. The van der Waals surface area contributed by atoms with Crippen molar-refractivity contribution in [3.63, 3.8) is 0 Å². The number of carbonyl (C=O) groups is 1. The van der Waals surface area contributed by atoms with Crippen molar-refractivity contribution in [3.05, 3.63) is 40.5 Å². The van der Waals surface area contributed by atoms with Gasteiger partial charge in [0, 0.05) is 17.7 Å². The zero-order valence-electron chi connectivity index (χ0n) is 18.3. The fraction of sp³-hybridized carbons (Fsp3) is 0.500. The molecule has 9 heteroatoms. The van der Waals surface area contributed by atoms with Crippen molar-refractivity contribution >= 4 is 27.1 Å². The lowest BCUT2D eigenvalue weighted by atomic mass is 9.95. The highest BCUT2D eigenvalue weighted by atomic mass is 32.2. The van der Waals surface area contributed by atoms with Gasteiger partial charge in [0.2, 0.25) is 5.82 Å². The van der Waals surface area contributed by atoms with E-state index >= 15 is 0 Å². The highest BCUT2D eigenvalue weighted by Crippen LogP contribution is 2.43. The second-order valence-electron chi connectivity index (χ2n) is 7.06. The number of hydrogen-bond donors (Lipinski definition) is 0. The third-order valence-electron chi connectivity index (χ3n) is 4.66. The highest BCUT2D eigenvalue weighted by molar-refractivity contribution is 7.92. The van der Waals surface area contributed by atoms with Crippen LogP contribution in [0.3, 0.4) is 0 Å². The lowest BCUT2D eigenvalue weighted by molar-refractivity contribution is -0.145. The highest BCUT2D eigenvalue weighted by Gasteiger charge is 2.30. The summed E-state index contributed by atoms with van der Waals surface area (Å²) in [6.45, 7) is 6.28. The number of thiophene rings is 1.